The van der Waals surface area contributed by atoms with Crippen molar-refractivity contribution in [3.63, 3.8) is 0 Å². The standard InChI is InChI=1S/2C23H26BrN3O3/c1-27-21-8-7-16(24)12-20(21)26-22(27)14-5-4-6-17(9-14)25-23(28)15-10-18(29-2)13-19(11-15)30-3;1-27-21-12-16(24)7-8-20(21)26-22(27)14-5-4-6-17(9-14)25-23(28)15-10-18(29-2)13-19(11-15)30-3/h2*7-8,10-14,17H,4-6,9H2,1-3H3,(H,25,28). The van der Waals surface area contributed by atoms with E-state index in [1.165, 1.54) is 0 Å². The normalized spacial score (nSPS) is 18.9. The van der Waals surface area contributed by atoms with Crippen molar-refractivity contribution < 1.29 is 28.5 Å². The molecule has 0 bridgehead atoms. The smallest absolute Gasteiger partial charge is 0.251 e. The number of amides is 2. The van der Waals surface area contributed by atoms with Crippen LogP contribution in [0.25, 0.3) is 22.1 Å². The molecule has 2 aromatic heterocycles. The lowest BCUT2D eigenvalue weighted by molar-refractivity contribution is 0.0915. The lowest BCUT2D eigenvalue weighted by Crippen LogP contribution is -2.38. The zero-order valence-corrected chi connectivity index (χ0v) is 38.1. The van der Waals surface area contributed by atoms with Crippen molar-refractivity contribution in [2.45, 2.75) is 75.3 Å². The molecule has 2 aliphatic rings. The van der Waals surface area contributed by atoms with Crippen LogP contribution in [0.4, 0.5) is 0 Å². The molecule has 4 aromatic carbocycles. The average Bonchev–Trinajstić information content (AvgIpc) is 3.77. The van der Waals surface area contributed by atoms with Gasteiger partial charge >= 0.3 is 0 Å². The van der Waals surface area contributed by atoms with Crippen LogP contribution in [0.15, 0.2) is 81.7 Å². The molecule has 6 aromatic rings. The molecule has 2 amide bonds. The van der Waals surface area contributed by atoms with Gasteiger partial charge in [0.2, 0.25) is 0 Å². The van der Waals surface area contributed by atoms with E-state index in [0.717, 1.165) is 94.0 Å². The summed E-state index contributed by atoms with van der Waals surface area (Å²) in [6.07, 6.45) is 7.98. The van der Waals surface area contributed by atoms with Crippen LogP contribution in [0.2, 0.25) is 0 Å². The monoisotopic (exact) mass is 942 g/mol. The minimum atomic E-state index is -0.105. The average molecular weight is 945 g/mol. The summed E-state index contributed by atoms with van der Waals surface area (Å²) in [5.41, 5.74) is 5.33. The van der Waals surface area contributed by atoms with E-state index in [0.29, 0.717) is 46.0 Å². The van der Waals surface area contributed by atoms with Crippen LogP contribution in [-0.4, -0.2) is 71.4 Å². The van der Waals surface area contributed by atoms with Crippen molar-refractivity contribution in [3.8, 4) is 23.0 Å². The Kier molecular flexibility index (Phi) is 13.7. The van der Waals surface area contributed by atoms with Crippen molar-refractivity contribution in [3.05, 3.63) is 105 Å². The summed E-state index contributed by atoms with van der Waals surface area (Å²) in [4.78, 5) is 35.6. The van der Waals surface area contributed by atoms with E-state index in [4.69, 9.17) is 28.9 Å². The lowest BCUT2D eigenvalue weighted by Gasteiger charge is -2.29. The van der Waals surface area contributed by atoms with E-state index in [2.05, 4.69) is 83.9 Å². The van der Waals surface area contributed by atoms with Gasteiger partial charge in [0.1, 0.15) is 34.6 Å². The Morgan fingerprint density at radius 3 is 1.48 bits per heavy atom. The fourth-order valence-corrected chi connectivity index (χ4v) is 9.33. The minimum Gasteiger partial charge on any atom is -0.497 e. The molecule has 316 valence electrons. The number of nitrogens with zero attached hydrogens (tertiary/aromatic N) is 4. The van der Waals surface area contributed by atoms with E-state index < -0.39 is 0 Å². The van der Waals surface area contributed by atoms with Gasteiger partial charge in [-0.3, -0.25) is 9.59 Å². The number of hydrogen-bond acceptors (Lipinski definition) is 8. The molecule has 8 rings (SSSR count). The number of aromatic nitrogens is 4. The predicted molar refractivity (Wildman–Crippen MR) is 241 cm³/mol. The number of methoxy groups -OCH3 is 4. The van der Waals surface area contributed by atoms with Crippen LogP contribution in [-0.2, 0) is 14.1 Å². The third-order valence-corrected chi connectivity index (χ3v) is 12.7. The predicted octanol–water partition coefficient (Wildman–Crippen LogP) is 9.62. The number of carbonyl (C=O) groups excluding carboxylic acids is 2. The summed E-state index contributed by atoms with van der Waals surface area (Å²) in [6, 6.07) is 23.0. The van der Waals surface area contributed by atoms with E-state index in [9.17, 15) is 9.59 Å². The van der Waals surface area contributed by atoms with Gasteiger partial charge < -0.3 is 38.7 Å². The molecule has 0 saturated heterocycles. The number of nitrogens with one attached hydrogen (secondary N) is 2. The van der Waals surface area contributed by atoms with Gasteiger partial charge in [-0.2, -0.15) is 0 Å². The first kappa shape index (κ1) is 43.0. The molecular weight excluding hydrogens is 892 g/mol. The lowest BCUT2D eigenvalue weighted by atomic mass is 9.85. The Bertz CT molecular complexity index is 2370. The Hall–Kier alpha value is -5.08. The van der Waals surface area contributed by atoms with Crippen molar-refractivity contribution in [2.75, 3.05) is 28.4 Å². The van der Waals surface area contributed by atoms with Crippen LogP contribution < -0.4 is 29.6 Å². The molecule has 4 unspecified atom stereocenters. The zero-order valence-electron chi connectivity index (χ0n) is 34.9. The number of hydrogen-bond donors (Lipinski definition) is 2. The van der Waals surface area contributed by atoms with Gasteiger partial charge in [0.25, 0.3) is 11.8 Å². The summed E-state index contributed by atoms with van der Waals surface area (Å²) < 4.78 is 27.6. The Labute approximate surface area is 367 Å². The summed E-state index contributed by atoms with van der Waals surface area (Å²) in [6.45, 7) is 0. The number of benzene rings is 4. The molecule has 12 nitrogen and oxygen atoms in total. The SMILES string of the molecule is COc1cc(OC)cc(C(=O)NC2CCCC(c3nc4cc(Br)ccc4n3C)C2)c1.COc1cc(OC)cc(C(=O)NC2CCCC(c3nc4ccc(Br)cc4n3C)C2)c1. The highest BCUT2D eigenvalue weighted by Crippen LogP contribution is 2.36. The number of rotatable bonds is 10. The minimum absolute atomic E-state index is 0.105. The quantitative estimate of drug-likeness (QED) is 0.139. The van der Waals surface area contributed by atoms with Crippen molar-refractivity contribution in [1.82, 2.24) is 29.7 Å². The Morgan fingerprint density at radius 2 is 1.00 bits per heavy atom. The molecule has 60 heavy (non-hydrogen) atoms. The number of carbonyl (C=O) groups is 2. The summed E-state index contributed by atoms with van der Waals surface area (Å²) in [7, 11) is 10.5. The summed E-state index contributed by atoms with van der Waals surface area (Å²) in [5, 5.41) is 6.41. The molecule has 2 aliphatic carbocycles. The van der Waals surface area contributed by atoms with E-state index >= 15 is 0 Å². The van der Waals surface area contributed by atoms with Crippen molar-refractivity contribution in [2.24, 2.45) is 14.1 Å². The van der Waals surface area contributed by atoms with Crippen LogP contribution in [0, 0.1) is 0 Å². The van der Waals surface area contributed by atoms with Gasteiger partial charge in [-0.15, -0.1) is 0 Å². The highest BCUT2D eigenvalue weighted by Gasteiger charge is 2.30. The second kappa shape index (κ2) is 19.1. The number of ether oxygens (including phenoxy) is 4. The van der Waals surface area contributed by atoms with Gasteiger partial charge in [-0.1, -0.05) is 44.7 Å². The van der Waals surface area contributed by atoms with E-state index in [1.54, 1.807) is 64.8 Å². The molecule has 0 aliphatic heterocycles. The molecular formula is C46H52Br2N6O6. The van der Waals surface area contributed by atoms with Gasteiger partial charge in [-0.25, -0.2) is 9.97 Å². The van der Waals surface area contributed by atoms with E-state index in [1.807, 2.05) is 18.2 Å². The van der Waals surface area contributed by atoms with E-state index in [-0.39, 0.29) is 23.9 Å². The topological polar surface area (TPSA) is 131 Å². The van der Waals surface area contributed by atoms with Gasteiger partial charge in [0.05, 0.1) is 50.5 Å². The largest absolute Gasteiger partial charge is 0.497 e. The molecule has 0 spiro atoms. The first-order valence-electron chi connectivity index (χ1n) is 20.3. The zero-order chi connectivity index (χ0) is 42.5. The number of halogens is 2. The number of imidazole rings is 2. The summed E-state index contributed by atoms with van der Waals surface area (Å²) >= 11 is 7.07. The van der Waals surface area contributed by atoms with Crippen LogP contribution in [0.1, 0.15) is 95.6 Å². The maximum absolute atomic E-state index is 12.9. The molecule has 4 atom stereocenters. The van der Waals surface area contributed by atoms with Crippen molar-refractivity contribution >= 4 is 65.7 Å². The first-order chi connectivity index (χ1) is 29.0. The Morgan fingerprint density at radius 1 is 0.567 bits per heavy atom. The number of fused-ring (bicyclic) bond motifs is 2. The fourth-order valence-electron chi connectivity index (χ4n) is 8.63. The van der Waals surface area contributed by atoms with Crippen LogP contribution in [0.5, 0.6) is 23.0 Å². The molecule has 2 saturated carbocycles. The third-order valence-electron chi connectivity index (χ3n) is 11.7. The van der Waals surface area contributed by atoms with Gasteiger partial charge in [-0.05, 0) is 99.2 Å². The summed E-state index contributed by atoms with van der Waals surface area (Å²) in [5.74, 6) is 5.02. The fraction of sp³-hybridized carbons (Fsp3) is 0.391. The molecule has 2 heterocycles. The first-order valence-corrected chi connectivity index (χ1v) is 21.9. The highest BCUT2D eigenvalue weighted by atomic mass is 79.9. The second-order valence-electron chi connectivity index (χ2n) is 15.6. The van der Waals surface area contributed by atoms with Crippen LogP contribution >= 0.6 is 31.9 Å². The number of aryl methyl sites for hydroxylation is 2. The third kappa shape index (κ3) is 9.76. The molecule has 14 heteroatoms. The molecule has 2 fully saturated rings. The maximum Gasteiger partial charge on any atom is 0.251 e. The molecule has 2 N–H and O–H groups in total. The van der Waals surface area contributed by atoms with Gasteiger partial charge in [0, 0.05) is 70.2 Å². The highest BCUT2D eigenvalue weighted by molar-refractivity contribution is 9.10. The molecule has 0 radical (unpaired) electrons. The van der Waals surface area contributed by atoms with Gasteiger partial charge in [0.15, 0.2) is 0 Å². The van der Waals surface area contributed by atoms with Crippen molar-refractivity contribution in [1.29, 1.82) is 0 Å². The maximum atomic E-state index is 12.9. The second-order valence-corrected chi connectivity index (χ2v) is 17.4. The van der Waals surface area contributed by atoms with Crippen LogP contribution in [0.3, 0.4) is 0 Å². The Balaban J connectivity index is 0.000000181.